The molecule has 0 saturated carbocycles. The number of benzene rings is 1. The van der Waals surface area contributed by atoms with Crippen LogP contribution < -0.4 is 0 Å². The van der Waals surface area contributed by atoms with E-state index in [1.54, 1.807) is 30.0 Å². The number of hydrogen-bond acceptors (Lipinski definition) is 9. The van der Waals surface area contributed by atoms with E-state index in [0.29, 0.717) is 54.9 Å². The first kappa shape index (κ1) is 24.0. The van der Waals surface area contributed by atoms with Crippen LogP contribution in [-0.4, -0.2) is 83.5 Å². The molecule has 11 nitrogen and oxygen atoms in total. The Bertz CT molecular complexity index is 1220. The molecule has 0 atom stereocenters. The molecule has 2 aromatic heterocycles. The third kappa shape index (κ3) is 5.18. The second kappa shape index (κ2) is 10.0. The molecule has 1 amide bonds. The molecule has 182 valence electrons. The highest BCUT2D eigenvalue weighted by atomic mass is 32.2. The van der Waals surface area contributed by atoms with Crippen LogP contribution >= 0.6 is 0 Å². The Labute approximate surface area is 198 Å². The highest BCUT2D eigenvalue weighted by Crippen LogP contribution is 2.25. The van der Waals surface area contributed by atoms with Crippen LogP contribution in [0.2, 0.25) is 0 Å². The minimum atomic E-state index is -3.72. The van der Waals surface area contributed by atoms with Crippen molar-refractivity contribution in [1.82, 2.24) is 29.4 Å². The third-order valence-electron chi connectivity index (χ3n) is 5.83. The molecule has 1 aliphatic rings. The Hall–Kier alpha value is -3.09. The fourth-order valence-electron chi connectivity index (χ4n) is 3.93. The van der Waals surface area contributed by atoms with Gasteiger partial charge in [0, 0.05) is 33.2 Å². The number of hydrogen-bond donors (Lipinski definition) is 0. The fraction of sp³-hybridized carbons (Fsp3) is 0.455. The zero-order valence-corrected chi connectivity index (χ0v) is 20.3. The molecule has 0 unspecified atom stereocenters. The predicted molar refractivity (Wildman–Crippen MR) is 122 cm³/mol. The summed E-state index contributed by atoms with van der Waals surface area (Å²) in [6.45, 7) is 6.33. The summed E-state index contributed by atoms with van der Waals surface area (Å²) in [5, 5.41) is 7.99. The van der Waals surface area contributed by atoms with Crippen molar-refractivity contribution >= 4 is 15.9 Å². The van der Waals surface area contributed by atoms with E-state index in [9.17, 15) is 13.2 Å². The first-order chi connectivity index (χ1) is 16.3. The smallest absolute Gasteiger partial charge is 0.263 e. The van der Waals surface area contributed by atoms with E-state index in [2.05, 4.69) is 20.2 Å². The molecule has 1 aliphatic heterocycles. The van der Waals surface area contributed by atoms with Crippen LogP contribution in [0.25, 0.3) is 11.5 Å². The number of sulfonamides is 1. The summed E-state index contributed by atoms with van der Waals surface area (Å²) in [7, 11) is -2.29. The summed E-state index contributed by atoms with van der Waals surface area (Å²) in [5.41, 5.74) is 1.40. The Morgan fingerprint density at radius 2 is 1.82 bits per heavy atom. The minimum Gasteiger partial charge on any atom is -0.361 e. The lowest BCUT2D eigenvalue weighted by atomic mass is 10.2. The van der Waals surface area contributed by atoms with E-state index in [-0.39, 0.29) is 17.3 Å². The Kier molecular flexibility index (Phi) is 7.10. The highest BCUT2D eigenvalue weighted by molar-refractivity contribution is 7.89. The molecule has 0 radical (unpaired) electrons. The van der Waals surface area contributed by atoms with Crippen molar-refractivity contribution in [3.05, 3.63) is 47.6 Å². The maximum atomic E-state index is 12.8. The van der Waals surface area contributed by atoms with Gasteiger partial charge >= 0.3 is 0 Å². The number of aryl methyl sites for hydroxylation is 2. The molecule has 1 fully saturated rings. The standard InChI is InChI=1S/C22H28N6O5S/c1-16-21(17(2)32-24-16)22-23-19(25-33-22)14-27-10-7-11-28(13-12-27)20(29)15-26(3)34(30,31)18-8-5-4-6-9-18/h4-6,8-9H,7,10-15H2,1-3H3. The maximum Gasteiger partial charge on any atom is 0.263 e. The normalized spacial score (nSPS) is 15.6. The molecular weight excluding hydrogens is 460 g/mol. The van der Waals surface area contributed by atoms with E-state index in [0.717, 1.165) is 17.3 Å². The van der Waals surface area contributed by atoms with Gasteiger partial charge in [-0.2, -0.15) is 9.29 Å². The van der Waals surface area contributed by atoms with Gasteiger partial charge in [0.05, 0.1) is 23.7 Å². The molecule has 12 heteroatoms. The van der Waals surface area contributed by atoms with E-state index in [1.807, 2.05) is 6.92 Å². The summed E-state index contributed by atoms with van der Waals surface area (Å²) in [6.07, 6.45) is 0.759. The van der Waals surface area contributed by atoms with Crippen molar-refractivity contribution in [3.63, 3.8) is 0 Å². The second-order valence-electron chi connectivity index (χ2n) is 8.30. The first-order valence-corrected chi connectivity index (χ1v) is 12.5. The number of carbonyl (C=O) groups is 1. The van der Waals surface area contributed by atoms with Gasteiger partial charge in [-0.25, -0.2) is 8.42 Å². The van der Waals surface area contributed by atoms with Gasteiger partial charge < -0.3 is 13.9 Å². The zero-order chi connectivity index (χ0) is 24.3. The molecule has 0 spiro atoms. The molecule has 3 aromatic rings. The quantitative estimate of drug-likeness (QED) is 0.488. The molecule has 0 bridgehead atoms. The van der Waals surface area contributed by atoms with E-state index in [4.69, 9.17) is 9.05 Å². The zero-order valence-electron chi connectivity index (χ0n) is 19.5. The fourth-order valence-corrected chi connectivity index (χ4v) is 5.08. The lowest BCUT2D eigenvalue weighted by molar-refractivity contribution is -0.131. The molecule has 1 aromatic carbocycles. The van der Waals surface area contributed by atoms with E-state index in [1.165, 1.54) is 19.2 Å². The average Bonchev–Trinajstić information content (AvgIpc) is 3.32. The maximum absolute atomic E-state index is 12.8. The average molecular weight is 489 g/mol. The minimum absolute atomic E-state index is 0.170. The Balaban J connectivity index is 1.33. The van der Waals surface area contributed by atoms with E-state index >= 15 is 0 Å². The molecular formula is C22H28N6O5S. The molecule has 3 heterocycles. The summed E-state index contributed by atoms with van der Waals surface area (Å²) in [4.78, 5) is 21.4. The number of likely N-dealkylation sites (N-methyl/N-ethyl adjacent to an activating group) is 1. The molecule has 4 rings (SSSR count). The van der Waals surface area contributed by atoms with Crippen LogP contribution in [0.4, 0.5) is 0 Å². The van der Waals surface area contributed by atoms with Crippen LogP contribution in [0.1, 0.15) is 23.7 Å². The van der Waals surface area contributed by atoms with Crippen LogP contribution in [0, 0.1) is 13.8 Å². The number of carbonyl (C=O) groups excluding carboxylic acids is 1. The first-order valence-electron chi connectivity index (χ1n) is 11.0. The van der Waals surface area contributed by atoms with Crippen molar-refractivity contribution in [2.45, 2.75) is 31.7 Å². The lowest BCUT2D eigenvalue weighted by Crippen LogP contribution is -2.42. The third-order valence-corrected chi connectivity index (χ3v) is 7.65. The topological polar surface area (TPSA) is 126 Å². The van der Waals surface area contributed by atoms with Gasteiger partial charge in [-0.05, 0) is 32.4 Å². The van der Waals surface area contributed by atoms with Crippen molar-refractivity contribution in [2.24, 2.45) is 0 Å². The number of rotatable bonds is 7. The van der Waals surface area contributed by atoms with E-state index < -0.39 is 10.0 Å². The van der Waals surface area contributed by atoms with Gasteiger partial charge in [0.1, 0.15) is 11.3 Å². The van der Waals surface area contributed by atoms with Gasteiger partial charge in [-0.1, -0.05) is 28.5 Å². The highest BCUT2D eigenvalue weighted by Gasteiger charge is 2.27. The van der Waals surface area contributed by atoms with Crippen molar-refractivity contribution < 1.29 is 22.3 Å². The van der Waals surface area contributed by atoms with Crippen LogP contribution in [0.3, 0.4) is 0 Å². The second-order valence-corrected chi connectivity index (χ2v) is 10.3. The molecule has 34 heavy (non-hydrogen) atoms. The number of aromatic nitrogens is 3. The summed E-state index contributed by atoms with van der Waals surface area (Å²) in [6, 6.07) is 8.11. The van der Waals surface area contributed by atoms with Gasteiger partial charge in [0.15, 0.2) is 5.82 Å². The summed E-state index contributed by atoms with van der Waals surface area (Å²) < 4.78 is 37.1. The SMILES string of the molecule is Cc1noc(C)c1-c1nc(CN2CCCN(C(=O)CN(C)S(=O)(=O)c3ccccc3)CC2)no1. The molecule has 0 aliphatic carbocycles. The molecule has 1 saturated heterocycles. The largest absolute Gasteiger partial charge is 0.361 e. The van der Waals surface area contributed by atoms with Gasteiger partial charge in [0.2, 0.25) is 15.9 Å². The van der Waals surface area contributed by atoms with Gasteiger partial charge in [0.25, 0.3) is 5.89 Å². The van der Waals surface area contributed by atoms with Crippen LogP contribution in [0.5, 0.6) is 0 Å². The van der Waals surface area contributed by atoms with Gasteiger partial charge in [-0.3, -0.25) is 9.69 Å². The Morgan fingerprint density at radius 1 is 1.06 bits per heavy atom. The lowest BCUT2D eigenvalue weighted by Gasteiger charge is -2.24. The number of nitrogens with zero attached hydrogens (tertiary/aromatic N) is 6. The van der Waals surface area contributed by atoms with Crippen molar-refractivity contribution in [1.29, 1.82) is 0 Å². The van der Waals surface area contributed by atoms with Gasteiger partial charge in [-0.15, -0.1) is 0 Å². The van der Waals surface area contributed by atoms with Crippen LogP contribution in [0.15, 0.2) is 44.3 Å². The number of amides is 1. The Morgan fingerprint density at radius 3 is 2.53 bits per heavy atom. The van der Waals surface area contributed by atoms with Crippen molar-refractivity contribution in [3.8, 4) is 11.5 Å². The van der Waals surface area contributed by atoms with Crippen LogP contribution in [-0.2, 0) is 21.4 Å². The summed E-state index contributed by atoms with van der Waals surface area (Å²) >= 11 is 0. The van der Waals surface area contributed by atoms with Crippen molar-refractivity contribution in [2.75, 3.05) is 39.8 Å². The summed E-state index contributed by atoms with van der Waals surface area (Å²) in [5.74, 6) is 1.32. The monoisotopic (exact) mass is 488 g/mol. The molecule has 0 N–H and O–H groups in total. The predicted octanol–water partition coefficient (Wildman–Crippen LogP) is 1.70.